The summed E-state index contributed by atoms with van der Waals surface area (Å²) in [6.45, 7) is 0.829. The number of ether oxygens (including phenoxy) is 1. The summed E-state index contributed by atoms with van der Waals surface area (Å²) in [5, 5.41) is 3.15. The monoisotopic (exact) mass is 308 g/mol. The van der Waals surface area contributed by atoms with E-state index in [0.717, 1.165) is 6.07 Å². The standard InChI is InChI=1S/C16H15F3N2O/c17-16(18,19)13-6-2-1-4-11(13)12-5-3-7-14-15(12)22-10(8-20)9-21-14/h1-7,10,21H,8-9,20H2/t10-/m0/s1. The molecule has 0 unspecified atom stereocenters. The molecule has 0 amide bonds. The van der Waals surface area contributed by atoms with Crippen LogP contribution in [-0.2, 0) is 6.18 Å². The third-order valence-corrected chi connectivity index (χ3v) is 3.61. The van der Waals surface area contributed by atoms with Crippen molar-refractivity contribution in [3.63, 3.8) is 0 Å². The SMILES string of the molecule is NC[C@H]1CNc2cccc(-c3ccccc3C(F)(F)F)c2O1. The van der Waals surface area contributed by atoms with Gasteiger partial charge in [-0.15, -0.1) is 0 Å². The molecule has 1 aliphatic rings. The van der Waals surface area contributed by atoms with Gasteiger partial charge in [0.1, 0.15) is 6.10 Å². The average Bonchev–Trinajstić information content (AvgIpc) is 2.53. The molecule has 0 saturated heterocycles. The Kier molecular flexibility index (Phi) is 3.70. The molecular weight excluding hydrogens is 293 g/mol. The van der Waals surface area contributed by atoms with Gasteiger partial charge in [0.05, 0.1) is 17.8 Å². The lowest BCUT2D eigenvalue weighted by molar-refractivity contribution is -0.137. The Balaban J connectivity index is 2.15. The molecule has 22 heavy (non-hydrogen) atoms. The number of hydrogen-bond acceptors (Lipinski definition) is 3. The highest BCUT2D eigenvalue weighted by Crippen LogP contribution is 2.44. The van der Waals surface area contributed by atoms with Crippen molar-refractivity contribution in [2.45, 2.75) is 12.3 Å². The molecule has 3 N–H and O–H groups in total. The topological polar surface area (TPSA) is 47.3 Å². The molecule has 1 heterocycles. The van der Waals surface area contributed by atoms with E-state index in [-0.39, 0.29) is 11.7 Å². The van der Waals surface area contributed by atoms with Crippen molar-refractivity contribution >= 4 is 5.69 Å². The van der Waals surface area contributed by atoms with Crippen LogP contribution in [0, 0.1) is 0 Å². The van der Waals surface area contributed by atoms with E-state index in [9.17, 15) is 13.2 Å². The zero-order valence-electron chi connectivity index (χ0n) is 11.7. The van der Waals surface area contributed by atoms with E-state index in [0.29, 0.717) is 30.1 Å². The Morgan fingerprint density at radius 3 is 2.55 bits per heavy atom. The van der Waals surface area contributed by atoms with E-state index >= 15 is 0 Å². The van der Waals surface area contributed by atoms with Gasteiger partial charge in [0.2, 0.25) is 0 Å². The third-order valence-electron chi connectivity index (χ3n) is 3.61. The molecule has 2 aromatic carbocycles. The van der Waals surface area contributed by atoms with Crippen LogP contribution in [0.2, 0.25) is 0 Å². The second kappa shape index (κ2) is 5.53. The first-order valence-electron chi connectivity index (χ1n) is 6.91. The van der Waals surface area contributed by atoms with Crippen LogP contribution in [-0.4, -0.2) is 19.2 Å². The molecule has 116 valence electrons. The zero-order chi connectivity index (χ0) is 15.7. The van der Waals surface area contributed by atoms with Crippen LogP contribution >= 0.6 is 0 Å². The van der Waals surface area contributed by atoms with Gasteiger partial charge in [-0.1, -0.05) is 30.3 Å². The number of hydrogen-bond donors (Lipinski definition) is 2. The Labute approximate surface area is 125 Å². The van der Waals surface area contributed by atoms with E-state index < -0.39 is 11.7 Å². The van der Waals surface area contributed by atoms with Gasteiger partial charge in [-0.2, -0.15) is 13.2 Å². The molecule has 3 nitrogen and oxygen atoms in total. The highest BCUT2D eigenvalue weighted by atomic mass is 19.4. The summed E-state index contributed by atoms with van der Waals surface area (Å²) in [5.41, 5.74) is 6.12. The van der Waals surface area contributed by atoms with Gasteiger partial charge in [0.15, 0.2) is 5.75 Å². The summed E-state index contributed by atoms with van der Waals surface area (Å²) in [6.07, 6.45) is -4.68. The van der Waals surface area contributed by atoms with Gasteiger partial charge in [-0.05, 0) is 17.7 Å². The minimum Gasteiger partial charge on any atom is -0.484 e. The first kappa shape index (κ1) is 14.7. The number of halogens is 3. The fourth-order valence-electron chi connectivity index (χ4n) is 2.54. The number of fused-ring (bicyclic) bond motifs is 1. The minimum absolute atomic E-state index is 0.103. The van der Waals surface area contributed by atoms with E-state index in [1.807, 2.05) is 0 Å². The van der Waals surface area contributed by atoms with E-state index in [1.54, 1.807) is 24.3 Å². The van der Waals surface area contributed by atoms with Crippen LogP contribution in [0.5, 0.6) is 5.75 Å². The summed E-state index contributed by atoms with van der Waals surface area (Å²) in [7, 11) is 0. The molecule has 1 atom stereocenters. The molecule has 6 heteroatoms. The highest BCUT2D eigenvalue weighted by molar-refractivity contribution is 5.81. The van der Waals surface area contributed by atoms with Crippen molar-refractivity contribution in [2.24, 2.45) is 5.73 Å². The van der Waals surface area contributed by atoms with Gasteiger partial charge in [-0.3, -0.25) is 0 Å². The predicted octanol–water partition coefficient (Wildman–Crippen LogP) is 3.50. The van der Waals surface area contributed by atoms with Crippen molar-refractivity contribution < 1.29 is 17.9 Å². The normalized spacial score (nSPS) is 17.4. The molecule has 0 aromatic heterocycles. The summed E-state index contributed by atoms with van der Waals surface area (Å²) in [5.74, 6) is 0.418. The van der Waals surface area contributed by atoms with E-state index in [4.69, 9.17) is 10.5 Å². The van der Waals surface area contributed by atoms with E-state index in [2.05, 4.69) is 5.32 Å². The maximum absolute atomic E-state index is 13.2. The zero-order valence-corrected chi connectivity index (χ0v) is 11.7. The van der Waals surface area contributed by atoms with Crippen molar-refractivity contribution in [3.8, 4) is 16.9 Å². The largest absolute Gasteiger partial charge is 0.484 e. The molecule has 0 fully saturated rings. The van der Waals surface area contributed by atoms with Gasteiger partial charge >= 0.3 is 6.18 Å². The Morgan fingerprint density at radius 1 is 1.09 bits per heavy atom. The lowest BCUT2D eigenvalue weighted by atomic mass is 9.97. The average molecular weight is 308 g/mol. The van der Waals surface area contributed by atoms with Crippen LogP contribution < -0.4 is 15.8 Å². The lowest BCUT2D eigenvalue weighted by Gasteiger charge is -2.28. The van der Waals surface area contributed by atoms with E-state index in [1.165, 1.54) is 12.1 Å². The lowest BCUT2D eigenvalue weighted by Crippen LogP contribution is -2.37. The van der Waals surface area contributed by atoms with Crippen LogP contribution in [0.4, 0.5) is 18.9 Å². The molecule has 3 rings (SSSR count). The van der Waals surface area contributed by atoms with Crippen molar-refractivity contribution in [1.29, 1.82) is 0 Å². The molecule has 0 spiro atoms. The van der Waals surface area contributed by atoms with Crippen LogP contribution in [0.3, 0.4) is 0 Å². The number of rotatable bonds is 2. The maximum atomic E-state index is 13.2. The molecule has 1 aliphatic heterocycles. The Bertz CT molecular complexity index is 685. The molecule has 0 radical (unpaired) electrons. The summed E-state index contributed by atoms with van der Waals surface area (Å²) >= 11 is 0. The van der Waals surface area contributed by atoms with Gasteiger partial charge in [-0.25, -0.2) is 0 Å². The van der Waals surface area contributed by atoms with Crippen molar-refractivity contribution in [3.05, 3.63) is 48.0 Å². The Morgan fingerprint density at radius 2 is 1.82 bits per heavy atom. The second-order valence-corrected chi connectivity index (χ2v) is 5.08. The van der Waals surface area contributed by atoms with Gasteiger partial charge in [0, 0.05) is 12.1 Å². The number of para-hydroxylation sites is 1. The van der Waals surface area contributed by atoms with Gasteiger partial charge < -0.3 is 15.8 Å². The molecule has 0 saturated carbocycles. The molecular formula is C16H15F3N2O. The highest BCUT2D eigenvalue weighted by Gasteiger charge is 2.34. The number of nitrogens with one attached hydrogen (secondary N) is 1. The quantitative estimate of drug-likeness (QED) is 0.892. The number of anilines is 1. The smallest absolute Gasteiger partial charge is 0.417 e. The Hall–Kier alpha value is -2.21. The number of alkyl halides is 3. The fraction of sp³-hybridized carbons (Fsp3) is 0.250. The van der Waals surface area contributed by atoms with Gasteiger partial charge in [0.25, 0.3) is 0 Å². The predicted molar refractivity (Wildman–Crippen MR) is 78.8 cm³/mol. The molecule has 0 bridgehead atoms. The minimum atomic E-state index is -4.42. The summed E-state index contributed by atoms with van der Waals surface area (Å²) in [4.78, 5) is 0. The van der Waals surface area contributed by atoms with Crippen LogP contribution in [0.15, 0.2) is 42.5 Å². The third kappa shape index (κ3) is 2.62. The summed E-state index contributed by atoms with van der Waals surface area (Å²) in [6, 6.07) is 10.6. The van der Waals surface area contributed by atoms with Crippen LogP contribution in [0.25, 0.3) is 11.1 Å². The molecule has 2 aromatic rings. The number of benzene rings is 2. The van der Waals surface area contributed by atoms with Crippen molar-refractivity contribution in [2.75, 3.05) is 18.4 Å². The van der Waals surface area contributed by atoms with Crippen LogP contribution in [0.1, 0.15) is 5.56 Å². The summed E-state index contributed by atoms with van der Waals surface area (Å²) < 4.78 is 45.5. The number of nitrogens with two attached hydrogens (primary N) is 1. The maximum Gasteiger partial charge on any atom is 0.417 e. The van der Waals surface area contributed by atoms with Crippen molar-refractivity contribution in [1.82, 2.24) is 0 Å². The molecule has 0 aliphatic carbocycles. The fourth-order valence-corrected chi connectivity index (χ4v) is 2.54. The first-order chi connectivity index (χ1) is 10.5. The second-order valence-electron chi connectivity index (χ2n) is 5.08. The first-order valence-corrected chi connectivity index (χ1v) is 6.91.